The number of hydrogen-bond donors (Lipinski definition) is 0. The van der Waals surface area contributed by atoms with E-state index in [1.807, 2.05) is 6.20 Å². The van der Waals surface area contributed by atoms with Crippen molar-refractivity contribution in [3.05, 3.63) is 50.2 Å². The highest BCUT2D eigenvalue weighted by Gasteiger charge is 2.09. The Balaban J connectivity index is 2.12. The van der Waals surface area contributed by atoms with E-state index >= 15 is 0 Å². The molecule has 0 fully saturated rings. The lowest BCUT2D eigenvalue weighted by molar-refractivity contribution is 1.12. The summed E-state index contributed by atoms with van der Waals surface area (Å²) >= 11 is 7.14. The van der Waals surface area contributed by atoms with Crippen molar-refractivity contribution < 1.29 is 0 Å². The molecule has 0 radical (unpaired) electrons. The third-order valence-electron chi connectivity index (χ3n) is 2.44. The molecule has 16 heavy (non-hydrogen) atoms. The van der Waals surface area contributed by atoms with Crippen LogP contribution in [-0.2, 0) is 6.42 Å². The van der Waals surface area contributed by atoms with E-state index in [0.717, 1.165) is 16.6 Å². The second kappa shape index (κ2) is 4.28. The minimum Gasteiger partial charge on any atom is -0.260 e. The summed E-state index contributed by atoms with van der Waals surface area (Å²) < 4.78 is 2.46. The molecule has 0 amide bonds. The zero-order valence-corrected chi connectivity index (χ0v) is 11.5. The van der Waals surface area contributed by atoms with Gasteiger partial charge in [-0.3, -0.25) is 4.98 Å². The fraction of sp³-hybridized carbons (Fsp3) is 0.0833. The van der Waals surface area contributed by atoms with Crippen molar-refractivity contribution >= 4 is 48.7 Å². The van der Waals surface area contributed by atoms with Crippen molar-refractivity contribution in [3.8, 4) is 0 Å². The first-order valence-corrected chi connectivity index (χ1v) is 7.43. The van der Waals surface area contributed by atoms with Gasteiger partial charge in [-0.05, 0) is 33.4 Å². The number of aromatic nitrogens is 1. The van der Waals surface area contributed by atoms with Crippen LogP contribution in [0.3, 0.4) is 0 Å². The average Bonchev–Trinajstić information content (AvgIpc) is 2.90. The Morgan fingerprint density at radius 3 is 3.00 bits per heavy atom. The summed E-state index contributed by atoms with van der Waals surface area (Å²) in [4.78, 5) is 5.86. The van der Waals surface area contributed by atoms with Crippen LogP contribution < -0.4 is 0 Å². The maximum absolute atomic E-state index is 4.50. The maximum atomic E-state index is 4.50. The molecule has 0 aliphatic heterocycles. The number of pyridine rings is 1. The van der Waals surface area contributed by atoms with Crippen LogP contribution in [0.2, 0.25) is 0 Å². The molecule has 3 heterocycles. The normalized spacial score (nSPS) is 11.1. The summed E-state index contributed by atoms with van der Waals surface area (Å²) in [5.41, 5.74) is 1.16. The molecular weight excluding hydrogens is 302 g/mol. The highest BCUT2D eigenvalue weighted by atomic mass is 79.9. The third kappa shape index (κ3) is 1.81. The summed E-state index contributed by atoms with van der Waals surface area (Å²) in [5.74, 6) is 0. The van der Waals surface area contributed by atoms with Gasteiger partial charge in [0.1, 0.15) is 0 Å². The van der Waals surface area contributed by atoms with Gasteiger partial charge in [0, 0.05) is 37.4 Å². The zero-order valence-electron chi connectivity index (χ0n) is 8.31. The molecule has 1 nitrogen and oxygen atoms in total. The molecule has 0 saturated heterocycles. The van der Waals surface area contributed by atoms with Gasteiger partial charge in [0.25, 0.3) is 0 Å². The van der Waals surface area contributed by atoms with Gasteiger partial charge in [0.05, 0.1) is 5.69 Å². The molecule has 3 aromatic heterocycles. The lowest BCUT2D eigenvalue weighted by atomic mass is 10.2. The first kappa shape index (κ1) is 10.4. The molecule has 0 aromatic carbocycles. The van der Waals surface area contributed by atoms with E-state index in [4.69, 9.17) is 0 Å². The quantitative estimate of drug-likeness (QED) is 0.668. The molecule has 0 atom stereocenters. The number of nitrogens with zero attached hydrogens (tertiary/aromatic N) is 1. The lowest BCUT2D eigenvalue weighted by Gasteiger charge is -2.01. The summed E-state index contributed by atoms with van der Waals surface area (Å²) in [6, 6.07) is 6.32. The molecule has 0 spiro atoms. The number of rotatable bonds is 2. The van der Waals surface area contributed by atoms with Crippen molar-refractivity contribution in [3.63, 3.8) is 0 Å². The second-order valence-electron chi connectivity index (χ2n) is 3.47. The largest absolute Gasteiger partial charge is 0.260 e. The van der Waals surface area contributed by atoms with Gasteiger partial charge in [-0.15, -0.1) is 22.7 Å². The molecule has 3 rings (SSSR count). The third-order valence-corrected chi connectivity index (χ3v) is 5.19. The van der Waals surface area contributed by atoms with Crippen molar-refractivity contribution in [2.24, 2.45) is 0 Å². The monoisotopic (exact) mass is 309 g/mol. The number of thiophene rings is 2. The molecule has 3 aromatic rings. The maximum Gasteiger partial charge on any atom is 0.0553 e. The van der Waals surface area contributed by atoms with Crippen LogP contribution in [0, 0.1) is 0 Å². The molecule has 4 heteroatoms. The van der Waals surface area contributed by atoms with E-state index in [1.54, 1.807) is 22.7 Å². The van der Waals surface area contributed by atoms with Crippen LogP contribution in [0.25, 0.3) is 10.1 Å². The standard InChI is InChI=1S/C12H8BrNS2/c13-9-7-16-11-3-4-14-10(12(9)11)6-8-2-1-5-15-8/h1-5,7H,6H2. The van der Waals surface area contributed by atoms with Crippen LogP contribution in [0.1, 0.15) is 10.6 Å². The van der Waals surface area contributed by atoms with Gasteiger partial charge >= 0.3 is 0 Å². The fourth-order valence-electron chi connectivity index (χ4n) is 1.73. The predicted molar refractivity (Wildman–Crippen MR) is 74.4 cm³/mol. The summed E-state index contributed by atoms with van der Waals surface area (Å²) in [7, 11) is 0. The highest BCUT2D eigenvalue weighted by Crippen LogP contribution is 2.33. The molecule has 0 bridgehead atoms. The van der Waals surface area contributed by atoms with Crippen molar-refractivity contribution in [2.75, 3.05) is 0 Å². The highest BCUT2D eigenvalue weighted by molar-refractivity contribution is 9.10. The van der Waals surface area contributed by atoms with Crippen LogP contribution in [-0.4, -0.2) is 4.98 Å². The first-order valence-electron chi connectivity index (χ1n) is 4.87. The Bertz CT molecular complexity index is 613. The molecule has 0 aliphatic carbocycles. The zero-order chi connectivity index (χ0) is 11.0. The Labute approximate surface area is 110 Å². The smallest absolute Gasteiger partial charge is 0.0553 e. The van der Waals surface area contributed by atoms with Gasteiger partial charge in [-0.1, -0.05) is 6.07 Å². The van der Waals surface area contributed by atoms with E-state index in [-0.39, 0.29) is 0 Å². The van der Waals surface area contributed by atoms with Crippen molar-refractivity contribution in [1.29, 1.82) is 0 Å². The fourth-order valence-corrected chi connectivity index (χ4v) is 4.12. The molecule has 0 unspecified atom stereocenters. The number of halogens is 1. The van der Waals surface area contributed by atoms with Gasteiger partial charge in [-0.2, -0.15) is 0 Å². The van der Waals surface area contributed by atoms with Crippen LogP contribution in [0.5, 0.6) is 0 Å². The van der Waals surface area contributed by atoms with Crippen LogP contribution >= 0.6 is 38.6 Å². The summed E-state index contributed by atoms with van der Waals surface area (Å²) in [6.07, 6.45) is 2.82. The minimum absolute atomic E-state index is 0.921. The summed E-state index contributed by atoms with van der Waals surface area (Å²) in [5, 5.41) is 5.50. The topological polar surface area (TPSA) is 12.9 Å². The summed E-state index contributed by atoms with van der Waals surface area (Å²) in [6.45, 7) is 0. The average molecular weight is 310 g/mol. The molecule has 0 N–H and O–H groups in total. The van der Waals surface area contributed by atoms with Gasteiger partial charge in [-0.25, -0.2) is 0 Å². The van der Waals surface area contributed by atoms with Gasteiger partial charge < -0.3 is 0 Å². The SMILES string of the molecule is Brc1csc2ccnc(Cc3cccs3)c12. The minimum atomic E-state index is 0.921. The lowest BCUT2D eigenvalue weighted by Crippen LogP contribution is -1.90. The Morgan fingerprint density at radius 1 is 1.25 bits per heavy atom. The Hall–Kier alpha value is -0.710. The second-order valence-corrected chi connectivity index (χ2v) is 6.27. The Kier molecular flexibility index (Phi) is 2.79. The van der Waals surface area contributed by atoms with Crippen LogP contribution in [0.15, 0.2) is 39.6 Å². The van der Waals surface area contributed by atoms with Crippen molar-refractivity contribution in [1.82, 2.24) is 4.98 Å². The van der Waals surface area contributed by atoms with E-state index in [1.165, 1.54) is 15.0 Å². The van der Waals surface area contributed by atoms with E-state index in [2.05, 4.69) is 49.9 Å². The Morgan fingerprint density at radius 2 is 2.19 bits per heavy atom. The molecule has 0 saturated carbocycles. The van der Waals surface area contributed by atoms with E-state index in [9.17, 15) is 0 Å². The van der Waals surface area contributed by atoms with Crippen LogP contribution in [0.4, 0.5) is 0 Å². The van der Waals surface area contributed by atoms with Gasteiger partial charge in [0.2, 0.25) is 0 Å². The molecule has 0 aliphatic rings. The number of fused-ring (bicyclic) bond motifs is 1. The number of hydrogen-bond acceptors (Lipinski definition) is 3. The predicted octanol–water partition coefficient (Wildman–Crippen LogP) is 4.71. The molecular formula is C12H8BrNS2. The van der Waals surface area contributed by atoms with Gasteiger partial charge in [0.15, 0.2) is 0 Å². The van der Waals surface area contributed by atoms with E-state index < -0.39 is 0 Å². The van der Waals surface area contributed by atoms with Crippen molar-refractivity contribution in [2.45, 2.75) is 6.42 Å². The molecule has 80 valence electrons. The first-order chi connectivity index (χ1) is 7.84. The van der Waals surface area contributed by atoms with E-state index in [0.29, 0.717) is 0 Å².